The van der Waals surface area contributed by atoms with E-state index in [1.165, 1.54) is 5.56 Å². The molecule has 0 heterocycles. The Kier molecular flexibility index (Phi) is 2.47. The zero-order valence-electron chi connectivity index (χ0n) is 9.58. The number of aliphatic hydroxyl groups is 1. The Balaban J connectivity index is 2.35. The quantitative estimate of drug-likeness (QED) is 0.823. The fourth-order valence-corrected chi connectivity index (χ4v) is 2.27. The molecule has 2 rings (SSSR count). The van der Waals surface area contributed by atoms with Crippen LogP contribution in [-0.4, -0.2) is 18.3 Å². The van der Waals surface area contributed by atoms with Crippen molar-refractivity contribution in [1.82, 2.24) is 0 Å². The molecule has 2 nitrogen and oxygen atoms in total. The first-order chi connectivity index (χ1) is 7.10. The minimum atomic E-state index is -0.259. The minimum Gasteiger partial charge on any atom is -0.496 e. The van der Waals surface area contributed by atoms with Crippen LogP contribution in [0.2, 0.25) is 0 Å². The lowest BCUT2D eigenvalue weighted by molar-refractivity contribution is 0.150. The van der Waals surface area contributed by atoms with Crippen molar-refractivity contribution in [1.29, 1.82) is 0 Å². The van der Waals surface area contributed by atoms with Gasteiger partial charge in [0.1, 0.15) is 5.75 Å². The fourth-order valence-electron chi connectivity index (χ4n) is 2.27. The third kappa shape index (κ3) is 1.63. The summed E-state index contributed by atoms with van der Waals surface area (Å²) in [5.74, 6) is 0.917. The Morgan fingerprint density at radius 1 is 1.40 bits per heavy atom. The lowest BCUT2D eigenvalue weighted by atomic mass is 9.90. The average molecular weight is 206 g/mol. The lowest BCUT2D eigenvalue weighted by Crippen LogP contribution is -2.22. The second kappa shape index (κ2) is 3.53. The first kappa shape index (κ1) is 10.5. The molecule has 15 heavy (non-hydrogen) atoms. The number of aliphatic hydroxyl groups excluding tert-OH is 1. The van der Waals surface area contributed by atoms with E-state index in [9.17, 15) is 5.11 Å². The van der Waals surface area contributed by atoms with Gasteiger partial charge in [-0.25, -0.2) is 0 Å². The largest absolute Gasteiger partial charge is 0.496 e. The summed E-state index contributed by atoms with van der Waals surface area (Å²) in [6, 6.07) is 6.21. The third-order valence-corrected chi connectivity index (χ3v) is 3.56. The molecule has 1 atom stereocenters. The lowest BCUT2D eigenvalue weighted by Gasteiger charge is -2.20. The topological polar surface area (TPSA) is 29.5 Å². The highest BCUT2D eigenvalue weighted by atomic mass is 16.5. The molecule has 0 aliphatic heterocycles. The molecule has 82 valence electrons. The smallest absolute Gasteiger partial charge is 0.121 e. The summed E-state index contributed by atoms with van der Waals surface area (Å²) in [5, 5.41) is 9.78. The molecule has 0 saturated heterocycles. The van der Waals surface area contributed by atoms with Crippen molar-refractivity contribution >= 4 is 0 Å². The van der Waals surface area contributed by atoms with Crippen LogP contribution >= 0.6 is 0 Å². The van der Waals surface area contributed by atoms with Crippen molar-refractivity contribution in [2.75, 3.05) is 7.11 Å². The van der Waals surface area contributed by atoms with E-state index >= 15 is 0 Å². The van der Waals surface area contributed by atoms with Crippen LogP contribution in [0.5, 0.6) is 5.75 Å². The number of benzene rings is 1. The number of hydrogen-bond acceptors (Lipinski definition) is 2. The van der Waals surface area contributed by atoms with Crippen molar-refractivity contribution in [2.24, 2.45) is 0 Å². The molecule has 1 aliphatic rings. The predicted molar refractivity (Wildman–Crippen MR) is 60.3 cm³/mol. The summed E-state index contributed by atoms with van der Waals surface area (Å²) in [5.41, 5.74) is 2.41. The molecule has 0 bridgehead atoms. The number of ether oxygens (including phenoxy) is 1. The van der Waals surface area contributed by atoms with Crippen LogP contribution in [0.4, 0.5) is 0 Å². The summed E-state index contributed by atoms with van der Waals surface area (Å²) in [7, 11) is 1.68. The van der Waals surface area contributed by atoms with Gasteiger partial charge in [0.05, 0.1) is 13.2 Å². The van der Waals surface area contributed by atoms with Crippen LogP contribution in [0.25, 0.3) is 0 Å². The van der Waals surface area contributed by atoms with Crippen LogP contribution in [0.3, 0.4) is 0 Å². The summed E-state index contributed by atoms with van der Waals surface area (Å²) in [6.45, 7) is 3.92. The van der Waals surface area contributed by atoms with E-state index in [-0.39, 0.29) is 11.5 Å². The Morgan fingerprint density at radius 3 is 2.47 bits per heavy atom. The Labute approximate surface area is 90.9 Å². The van der Waals surface area contributed by atoms with Gasteiger partial charge in [-0.15, -0.1) is 0 Å². The maximum absolute atomic E-state index is 9.78. The van der Waals surface area contributed by atoms with Gasteiger partial charge in [0.2, 0.25) is 0 Å². The maximum atomic E-state index is 9.78. The highest BCUT2D eigenvalue weighted by molar-refractivity contribution is 5.42. The zero-order valence-corrected chi connectivity index (χ0v) is 9.58. The fraction of sp³-hybridized carbons (Fsp3) is 0.538. The number of rotatable bonds is 3. The summed E-state index contributed by atoms with van der Waals surface area (Å²) in [6.07, 6.45) is 1.93. The van der Waals surface area contributed by atoms with E-state index in [0.29, 0.717) is 0 Å². The number of aryl methyl sites for hydroxylation is 1. The highest BCUT2D eigenvalue weighted by Crippen LogP contribution is 2.51. The molecule has 1 N–H and O–H groups in total. The normalized spacial score (nSPS) is 19.7. The van der Waals surface area contributed by atoms with Gasteiger partial charge in [0.25, 0.3) is 0 Å². The summed E-state index contributed by atoms with van der Waals surface area (Å²) in [4.78, 5) is 0. The van der Waals surface area contributed by atoms with E-state index in [1.807, 2.05) is 19.9 Å². The van der Waals surface area contributed by atoms with E-state index in [2.05, 4.69) is 12.1 Å². The van der Waals surface area contributed by atoms with Gasteiger partial charge in [-0.3, -0.25) is 0 Å². The molecule has 0 radical (unpaired) electrons. The van der Waals surface area contributed by atoms with Crippen LogP contribution in [0.15, 0.2) is 18.2 Å². The van der Waals surface area contributed by atoms with Crippen molar-refractivity contribution in [3.8, 4) is 5.75 Å². The minimum absolute atomic E-state index is 0.0248. The average Bonchev–Trinajstić information content (AvgIpc) is 2.98. The van der Waals surface area contributed by atoms with Gasteiger partial charge in [-0.2, -0.15) is 0 Å². The molecule has 1 aromatic rings. The molecule has 1 aromatic carbocycles. The van der Waals surface area contributed by atoms with Crippen molar-refractivity contribution in [3.63, 3.8) is 0 Å². The van der Waals surface area contributed by atoms with Gasteiger partial charge in [0, 0.05) is 5.41 Å². The molecular formula is C13H18O2. The molecule has 0 spiro atoms. The number of methoxy groups -OCH3 is 1. The number of hydrogen-bond donors (Lipinski definition) is 1. The van der Waals surface area contributed by atoms with E-state index in [1.54, 1.807) is 7.11 Å². The highest BCUT2D eigenvalue weighted by Gasteiger charge is 2.48. The Bertz CT molecular complexity index is 365. The predicted octanol–water partition coefficient (Wildman–Crippen LogP) is 2.42. The monoisotopic (exact) mass is 206 g/mol. The van der Waals surface area contributed by atoms with E-state index in [4.69, 9.17) is 4.74 Å². The van der Waals surface area contributed by atoms with Gasteiger partial charge in [-0.1, -0.05) is 12.1 Å². The van der Waals surface area contributed by atoms with Crippen molar-refractivity contribution in [3.05, 3.63) is 29.3 Å². The first-order valence-electron chi connectivity index (χ1n) is 5.43. The van der Waals surface area contributed by atoms with Crippen LogP contribution < -0.4 is 4.74 Å². The molecule has 2 heteroatoms. The van der Waals surface area contributed by atoms with Crippen LogP contribution in [0.1, 0.15) is 30.9 Å². The Morgan fingerprint density at radius 2 is 2.07 bits per heavy atom. The molecule has 0 amide bonds. The van der Waals surface area contributed by atoms with Gasteiger partial charge in [-0.05, 0) is 43.9 Å². The molecular weight excluding hydrogens is 188 g/mol. The first-order valence-corrected chi connectivity index (χ1v) is 5.43. The van der Waals surface area contributed by atoms with E-state index in [0.717, 1.165) is 24.2 Å². The second-order valence-electron chi connectivity index (χ2n) is 4.52. The van der Waals surface area contributed by atoms with Crippen LogP contribution in [-0.2, 0) is 5.41 Å². The third-order valence-electron chi connectivity index (χ3n) is 3.56. The summed E-state index contributed by atoms with van der Waals surface area (Å²) < 4.78 is 5.23. The van der Waals surface area contributed by atoms with Gasteiger partial charge < -0.3 is 9.84 Å². The van der Waals surface area contributed by atoms with Gasteiger partial charge >= 0.3 is 0 Å². The second-order valence-corrected chi connectivity index (χ2v) is 4.52. The zero-order chi connectivity index (χ0) is 11.1. The Hall–Kier alpha value is -1.02. The maximum Gasteiger partial charge on any atom is 0.121 e. The van der Waals surface area contributed by atoms with Crippen molar-refractivity contribution in [2.45, 2.75) is 38.2 Å². The standard InChI is InChI=1S/C13H18O2/c1-9-8-11(4-5-12(9)15-3)13(6-7-13)10(2)14/h4-5,8,10,14H,6-7H2,1-3H3. The molecule has 1 fully saturated rings. The van der Waals surface area contributed by atoms with E-state index < -0.39 is 0 Å². The molecule has 0 aromatic heterocycles. The molecule has 1 aliphatic carbocycles. The van der Waals surface area contributed by atoms with Crippen LogP contribution in [0, 0.1) is 6.92 Å². The summed E-state index contributed by atoms with van der Waals surface area (Å²) >= 11 is 0. The molecule has 1 saturated carbocycles. The van der Waals surface area contributed by atoms with Gasteiger partial charge in [0.15, 0.2) is 0 Å². The SMILES string of the molecule is COc1ccc(C2(C(C)O)CC2)cc1C. The van der Waals surface area contributed by atoms with Crippen molar-refractivity contribution < 1.29 is 9.84 Å². The molecule has 1 unspecified atom stereocenters.